The molecule has 3 nitrogen and oxygen atoms in total. The first kappa shape index (κ1) is 12.6. The van der Waals surface area contributed by atoms with E-state index in [4.69, 9.17) is 0 Å². The highest BCUT2D eigenvalue weighted by molar-refractivity contribution is 7.67. The normalized spacial score (nSPS) is 12.0. The van der Waals surface area contributed by atoms with E-state index in [1.165, 1.54) is 22.8 Å². The highest BCUT2D eigenvalue weighted by atomic mass is 32.2. The zero-order valence-electron chi connectivity index (χ0n) is 10.9. The molecule has 0 fully saturated rings. The highest BCUT2D eigenvalue weighted by Gasteiger charge is 2.10. The molecule has 103 valence electrons. The van der Waals surface area contributed by atoms with Crippen LogP contribution in [0.4, 0.5) is 0 Å². The zero-order chi connectivity index (χ0) is 14.4. The van der Waals surface area contributed by atoms with Gasteiger partial charge in [0.2, 0.25) is 0 Å². The van der Waals surface area contributed by atoms with E-state index in [-0.39, 0.29) is 0 Å². The molecule has 0 heterocycles. The first-order valence-electron chi connectivity index (χ1n) is 6.55. The maximum Gasteiger partial charge on any atom is 0.257 e. The Morgan fingerprint density at radius 3 is 2.10 bits per heavy atom. The second kappa shape index (κ2) is 4.69. The summed E-state index contributed by atoms with van der Waals surface area (Å²) in [6.45, 7) is 1.29. The maximum absolute atomic E-state index is 10.6. The predicted molar refractivity (Wildman–Crippen MR) is 84.9 cm³/mol. The van der Waals surface area contributed by atoms with E-state index in [0.717, 1.165) is 21.7 Å². The van der Waals surface area contributed by atoms with Gasteiger partial charge in [0.05, 0.1) is 0 Å². The van der Waals surface area contributed by atoms with Crippen LogP contribution in [0, 0.1) is 6.61 Å². The van der Waals surface area contributed by atoms with Gasteiger partial charge >= 0.3 is 0 Å². The van der Waals surface area contributed by atoms with Crippen LogP contribution in [0.2, 0.25) is 0 Å². The third-order valence-corrected chi connectivity index (χ3v) is 4.11. The quantitative estimate of drug-likeness (QED) is 0.463. The minimum Gasteiger partial charge on any atom is -0.261 e. The molecule has 4 aromatic carbocycles. The Hall–Kier alpha value is -2.17. The molecule has 0 spiro atoms. The molecule has 0 bridgehead atoms. The van der Waals surface area contributed by atoms with Gasteiger partial charge in [-0.25, -0.2) is 8.42 Å². The molecule has 21 heavy (non-hydrogen) atoms. The van der Waals surface area contributed by atoms with Crippen LogP contribution in [0.25, 0.3) is 32.3 Å². The molecule has 0 aromatic heterocycles. The van der Waals surface area contributed by atoms with Gasteiger partial charge in [0.1, 0.15) is 6.61 Å². The van der Waals surface area contributed by atoms with Crippen molar-refractivity contribution < 1.29 is 12.6 Å². The van der Waals surface area contributed by atoms with Crippen LogP contribution in [0.15, 0.2) is 54.6 Å². The zero-order valence-corrected chi connectivity index (χ0v) is 11.8. The summed E-state index contributed by atoms with van der Waals surface area (Å²) in [5.74, 6) is 0. The molecule has 4 heteroatoms. The summed E-state index contributed by atoms with van der Waals surface area (Å²) in [5.41, 5.74) is 0.764. The van der Waals surface area contributed by atoms with Crippen molar-refractivity contribution in [2.75, 3.05) is 0 Å². The van der Waals surface area contributed by atoms with Crippen LogP contribution >= 0.6 is 0 Å². The molecule has 4 rings (SSSR count). The molecule has 0 saturated heterocycles. The van der Waals surface area contributed by atoms with Gasteiger partial charge in [-0.05, 0) is 37.9 Å². The summed E-state index contributed by atoms with van der Waals surface area (Å²) in [5, 5.41) is 6.84. The van der Waals surface area contributed by atoms with E-state index in [9.17, 15) is 8.42 Å². The third-order valence-electron chi connectivity index (χ3n) is 3.83. The molecule has 0 aliphatic heterocycles. The fourth-order valence-corrected chi connectivity index (χ4v) is 3.16. The molecule has 0 N–H and O–H groups in total. The molecule has 0 atom stereocenters. The number of hydrogen-bond donors (Lipinski definition) is 1. The summed E-state index contributed by atoms with van der Waals surface area (Å²) in [7, 11) is -2.88. The second-order valence-electron chi connectivity index (χ2n) is 4.96. The highest BCUT2D eigenvalue weighted by Crippen LogP contribution is 2.36. The molecule has 0 aliphatic rings. The topological polar surface area (TPSA) is 43.4 Å². The Kier molecular flexibility index (Phi) is 2.80. The molecule has 1 radical (unpaired) electrons. The lowest BCUT2D eigenvalue weighted by molar-refractivity contribution is 0.430. The summed E-state index contributed by atoms with van der Waals surface area (Å²) in [6.07, 6.45) is 0. The van der Waals surface area contributed by atoms with Crippen LogP contribution in [0.3, 0.4) is 0 Å². The van der Waals surface area contributed by atoms with Crippen molar-refractivity contribution in [3.05, 3.63) is 66.8 Å². The largest absolute Gasteiger partial charge is 0.261 e. The van der Waals surface area contributed by atoms with Gasteiger partial charge in [0.15, 0.2) is 0 Å². The lowest BCUT2D eigenvalue weighted by atomic mass is 9.92. The minimum absolute atomic E-state index is 0.764. The van der Waals surface area contributed by atoms with Gasteiger partial charge in [-0.3, -0.25) is 4.18 Å². The molecule has 0 aliphatic carbocycles. The van der Waals surface area contributed by atoms with Crippen molar-refractivity contribution in [2.45, 2.75) is 0 Å². The Balaban J connectivity index is 2.10. The molecule has 0 saturated carbocycles. The van der Waals surface area contributed by atoms with Gasteiger partial charge < -0.3 is 0 Å². The van der Waals surface area contributed by atoms with E-state index >= 15 is 0 Å². The summed E-state index contributed by atoms with van der Waals surface area (Å²) in [6, 6.07) is 18.3. The van der Waals surface area contributed by atoms with Crippen molar-refractivity contribution in [1.82, 2.24) is 0 Å². The average molecular weight is 295 g/mol. The molecule has 0 amide bonds. The number of rotatable bonds is 3. The van der Waals surface area contributed by atoms with E-state index < -0.39 is 11.0 Å². The SMILES string of the molecule is O=[SH](=O)O[CH]c1ccc2ccc3cccc4ccc1c2c34. The van der Waals surface area contributed by atoms with Crippen molar-refractivity contribution >= 4 is 43.3 Å². The first-order chi connectivity index (χ1) is 10.2. The predicted octanol–water partition coefficient (Wildman–Crippen LogP) is 3.64. The lowest BCUT2D eigenvalue weighted by Crippen LogP contribution is -1.91. The monoisotopic (exact) mass is 295 g/mol. The van der Waals surface area contributed by atoms with Gasteiger partial charge in [-0.15, -0.1) is 0 Å². The van der Waals surface area contributed by atoms with E-state index in [0.29, 0.717) is 0 Å². The Bertz CT molecular complexity index is 1010. The first-order valence-corrected chi connectivity index (χ1v) is 7.64. The van der Waals surface area contributed by atoms with Gasteiger partial charge in [-0.2, -0.15) is 0 Å². The third kappa shape index (κ3) is 1.95. The van der Waals surface area contributed by atoms with Crippen molar-refractivity contribution in [3.8, 4) is 0 Å². The average Bonchev–Trinajstić information content (AvgIpc) is 2.51. The van der Waals surface area contributed by atoms with Crippen LogP contribution in [-0.4, -0.2) is 8.42 Å². The van der Waals surface area contributed by atoms with Crippen LogP contribution in [0.5, 0.6) is 0 Å². The molecule has 4 aromatic rings. The summed E-state index contributed by atoms with van der Waals surface area (Å²) >= 11 is 0. The number of thiol groups is 1. The Labute approximate surface area is 123 Å². The maximum atomic E-state index is 10.6. The van der Waals surface area contributed by atoms with Gasteiger partial charge in [0, 0.05) is 0 Å². The Morgan fingerprint density at radius 1 is 0.762 bits per heavy atom. The second-order valence-corrected chi connectivity index (χ2v) is 5.62. The molecular weight excluding hydrogens is 284 g/mol. The fraction of sp³-hybridized carbons (Fsp3) is 0. The smallest absolute Gasteiger partial charge is 0.257 e. The molecular formula is C17H11O3S. The van der Waals surface area contributed by atoms with Crippen molar-refractivity contribution in [2.24, 2.45) is 0 Å². The summed E-state index contributed by atoms with van der Waals surface area (Å²) in [4.78, 5) is 0. The van der Waals surface area contributed by atoms with Crippen molar-refractivity contribution in [1.29, 1.82) is 0 Å². The van der Waals surface area contributed by atoms with Crippen molar-refractivity contribution in [3.63, 3.8) is 0 Å². The van der Waals surface area contributed by atoms with E-state index in [1.807, 2.05) is 24.3 Å². The fourth-order valence-electron chi connectivity index (χ4n) is 2.96. The lowest BCUT2D eigenvalue weighted by Gasteiger charge is -2.12. The number of benzene rings is 4. The number of hydrogen-bond acceptors (Lipinski definition) is 3. The van der Waals surface area contributed by atoms with Gasteiger partial charge in [0.25, 0.3) is 11.0 Å². The standard InChI is InChI=1S/C17H11O3S/c18-21(19)20-10-14-7-6-13-5-4-11-2-1-3-12-8-9-15(14)17(13)16(11)12/h1-10,21H. The summed E-state index contributed by atoms with van der Waals surface area (Å²) < 4.78 is 25.9. The van der Waals surface area contributed by atoms with Crippen LogP contribution in [-0.2, 0) is 15.2 Å². The van der Waals surface area contributed by atoms with Crippen LogP contribution < -0.4 is 0 Å². The van der Waals surface area contributed by atoms with Gasteiger partial charge in [-0.1, -0.05) is 54.6 Å². The van der Waals surface area contributed by atoms with E-state index in [1.54, 1.807) is 0 Å². The van der Waals surface area contributed by atoms with E-state index in [2.05, 4.69) is 34.5 Å². The molecule has 0 unspecified atom stereocenters. The Morgan fingerprint density at radius 2 is 1.38 bits per heavy atom. The van der Waals surface area contributed by atoms with Crippen LogP contribution in [0.1, 0.15) is 5.56 Å². The minimum atomic E-state index is -2.88.